The predicted molar refractivity (Wildman–Crippen MR) is 117 cm³/mol. The normalized spacial score (nSPS) is 42.1. The minimum absolute atomic E-state index is 0.00762. The van der Waals surface area contributed by atoms with Gasteiger partial charge in [-0.3, -0.25) is 9.59 Å². The Morgan fingerprint density at radius 2 is 2.00 bits per heavy atom. The van der Waals surface area contributed by atoms with Gasteiger partial charge in [0.2, 0.25) is 11.5 Å². The molecule has 0 spiro atoms. The van der Waals surface area contributed by atoms with E-state index >= 15 is 0 Å². The van der Waals surface area contributed by atoms with Crippen LogP contribution in [-0.2, 0) is 14.3 Å². The van der Waals surface area contributed by atoms with Crippen LogP contribution < -0.4 is 0 Å². The first-order chi connectivity index (χ1) is 15.7. The maximum atomic E-state index is 13.2. The molecule has 1 aromatic heterocycles. The second kappa shape index (κ2) is 7.64. The highest BCUT2D eigenvalue weighted by Gasteiger charge is 2.70. The Morgan fingerprint density at radius 3 is 2.70 bits per heavy atom. The molecule has 33 heavy (non-hydrogen) atoms. The summed E-state index contributed by atoms with van der Waals surface area (Å²) in [4.78, 5) is 38.2. The van der Waals surface area contributed by atoms with Gasteiger partial charge >= 0.3 is 5.97 Å². The van der Waals surface area contributed by atoms with Crippen LogP contribution in [0.25, 0.3) is 0 Å². The lowest BCUT2D eigenvalue weighted by Crippen LogP contribution is -2.63. The van der Waals surface area contributed by atoms with Crippen molar-refractivity contribution >= 4 is 17.5 Å². The van der Waals surface area contributed by atoms with E-state index in [-0.39, 0.29) is 34.7 Å². The maximum absolute atomic E-state index is 13.2. The van der Waals surface area contributed by atoms with Gasteiger partial charge in [0.1, 0.15) is 6.61 Å². The molecule has 3 saturated carbocycles. The van der Waals surface area contributed by atoms with Gasteiger partial charge in [-0.15, -0.1) is 0 Å². The first-order valence-electron chi connectivity index (χ1n) is 12.0. The third-order valence-electron chi connectivity index (χ3n) is 9.60. The van der Waals surface area contributed by atoms with Crippen LogP contribution in [0.15, 0.2) is 34.5 Å². The molecule has 4 aliphatic carbocycles. The van der Waals surface area contributed by atoms with Gasteiger partial charge in [0.25, 0.3) is 0 Å². The molecule has 3 fully saturated rings. The van der Waals surface area contributed by atoms with Crippen LogP contribution in [0.4, 0.5) is 0 Å². The SMILES string of the molecule is CC12CCC(=O)C=C1CCC1C2C(O)CC2(C)C1CCC2(OC(=O)c1ccco1)C(=O)CO. The third kappa shape index (κ3) is 3.04. The number of aliphatic hydroxyl groups excluding tert-OH is 2. The van der Waals surface area contributed by atoms with E-state index in [1.165, 1.54) is 12.3 Å². The molecule has 0 aliphatic heterocycles. The Kier molecular flexibility index (Phi) is 5.21. The largest absolute Gasteiger partial charge is 0.457 e. The van der Waals surface area contributed by atoms with Gasteiger partial charge in [0.05, 0.1) is 12.4 Å². The van der Waals surface area contributed by atoms with E-state index < -0.39 is 35.5 Å². The van der Waals surface area contributed by atoms with Crippen molar-refractivity contribution in [3.05, 3.63) is 35.8 Å². The molecule has 0 aromatic carbocycles. The van der Waals surface area contributed by atoms with Gasteiger partial charge in [-0.2, -0.15) is 0 Å². The van der Waals surface area contributed by atoms with Crippen LogP contribution in [-0.4, -0.2) is 46.1 Å². The van der Waals surface area contributed by atoms with E-state index in [1.54, 1.807) is 12.1 Å². The van der Waals surface area contributed by atoms with Crippen molar-refractivity contribution in [3.8, 4) is 0 Å². The molecule has 7 nitrogen and oxygen atoms in total. The van der Waals surface area contributed by atoms with Crippen molar-refractivity contribution in [3.63, 3.8) is 0 Å². The number of allylic oxidation sites excluding steroid dienone is 1. The van der Waals surface area contributed by atoms with Crippen molar-refractivity contribution in [1.29, 1.82) is 0 Å². The molecule has 2 N–H and O–H groups in total. The lowest BCUT2D eigenvalue weighted by atomic mass is 9.45. The highest BCUT2D eigenvalue weighted by atomic mass is 16.6. The zero-order valence-electron chi connectivity index (χ0n) is 19.2. The summed E-state index contributed by atoms with van der Waals surface area (Å²) in [5.41, 5.74) is -1.42. The first kappa shape index (κ1) is 22.5. The fourth-order valence-electron chi connectivity index (χ4n) is 8.09. The van der Waals surface area contributed by atoms with E-state index in [1.807, 2.05) is 6.92 Å². The average Bonchev–Trinajstić information content (AvgIpc) is 3.41. The first-order valence-corrected chi connectivity index (χ1v) is 12.0. The summed E-state index contributed by atoms with van der Waals surface area (Å²) >= 11 is 0. The van der Waals surface area contributed by atoms with E-state index in [2.05, 4.69) is 6.92 Å². The number of ether oxygens (including phenoxy) is 1. The fraction of sp³-hybridized carbons (Fsp3) is 0.654. The minimum atomic E-state index is -1.51. The van der Waals surface area contributed by atoms with Crippen LogP contribution >= 0.6 is 0 Å². The number of carbonyl (C=O) groups excluding carboxylic acids is 3. The molecule has 0 amide bonds. The number of hydrogen-bond donors (Lipinski definition) is 2. The number of carbonyl (C=O) groups is 3. The van der Waals surface area contributed by atoms with Gasteiger partial charge in [0, 0.05) is 11.8 Å². The molecule has 7 unspecified atom stereocenters. The number of furan rings is 1. The molecular formula is C26H32O7. The lowest BCUT2D eigenvalue weighted by Gasteiger charge is -2.60. The summed E-state index contributed by atoms with van der Waals surface area (Å²) in [6, 6.07) is 3.06. The Hall–Kier alpha value is -2.25. The second-order valence-corrected chi connectivity index (χ2v) is 10.9. The quantitative estimate of drug-likeness (QED) is 0.669. The average molecular weight is 457 g/mol. The number of esters is 1. The molecule has 1 heterocycles. The fourth-order valence-corrected chi connectivity index (χ4v) is 8.09. The third-order valence-corrected chi connectivity index (χ3v) is 9.60. The van der Waals surface area contributed by atoms with Crippen LogP contribution in [0.1, 0.15) is 69.3 Å². The molecule has 0 radical (unpaired) electrons. The minimum Gasteiger partial charge on any atom is -0.457 e. The van der Waals surface area contributed by atoms with Crippen LogP contribution in [0, 0.1) is 28.6 Å². The highest BCUT2D eigenvalue weighted by Crippen LogP contribution is 2.68. The van der Waals surface area contributed by atoms with Crippen LogP contribution in [0.2, 0.25) is 0 Å². The summed E-state index contributed by atoms with van der Waals surface area (Å²) in [6.45, 7) is 3.38. The van der Waals surface area contributed by atoms with Crippen molar-refractivity contribution in [2.75, 3.05) is 6.61 Å². The molecule has 0 bridgehead atoms. The van der Waals surface area contributed by atoms with E-state index in [9.17, 15) is 24.6 Å². The van der Waals surface area contributed by atoms with E-state index in [0.29, 0.717) is 25.7 Å². The molecule has 0 saturated heterocycles. The molecule has 1 aromatic rings. The van der Waals surface area contributed by atoms with Gasteiger partial charge in [-0.1, -0.05) is 19.4 Å². The Labute approximate surface area is 193 Å². The number of ketones is 2. The predicted octanol–water partition coefficient (Wildman–Crippen LogP) is 3.24. The number of aliphatic hydroxyl groups is 2. The molecule has 5 rings (SSSR count). The summed E-state index contributed by atoms with van der Waals surface area (Å²) < 4.78 is 11.1. The van der Waals surface area contributed by atoms with Crippen molar-refractivity contribution < 1.29 is 33.8 Å². The van der Waals surface area contributed by atoms with Gasteiger partial charge in [-0.05, 0) is 79.9 Å². The molecule has 4 aliphatic rings. The highest BCUT2D eigenvalue weighted by molar-refractivity contribution is 5.95. The molecule has 7 atom stereocenters. The number of rotatable bonds is 4. The summed E-state index contributed by atoms with van der Waals surface area (Å²) in [7, 11) is 0. The number of hydrogen-bond acceptors (Lipinski definition) is 7. The van der Waals surface area contributed by atoms with E-state index in [4.69, 9.17) is 9.15 Å². The van der Waals surface area contributed by atoms with Gasteiger partial charge < -0.3 is 19.4 Å². The Morgan fingerprint density at radius 1 is 1.21 bits per heavy atom. The summed E-state index contributed by atoms with van der Waals surface area (Å²) in [5.74, 6) is -0.894. The van der Waals surface area contributed by atoms with Crippen molar-refractivity contribution in [2.45, 2.75) is 70.5 Å². The Bertz CT molecular complexity index is 1010. The second-order valence-electron chi connectivity index (χ2n) is 10.9. The molecular weight excluding hydrogens is 424 g/mol. The van der Waals surface area contributed by atoms with Crippen molar-refractivity contribution in [1.82, 2.24) is 0 Å². The maximum Gasteiger partial charge on any atom is 0.375 e. The standard InChI is InChI=1S/C26H32O7/c1-24-9-7-16(28)12-15(24)5-6-17-18-8-10-26(21(30)14-27,25(18,2)13-19(29)22(17)24)33-23(31)20-4-3-11-32-20/h3-4,11-12,17-19,22,27,29H,5-10,13-14H2,1-2H3. The number of fused-ring (bicyclic) bond motifs is 5. The smallest absolute Gasteiger partial charge is 0.375 e. The van der Waals surface area contributed by atoms with E-state index in [0.717, 1.165) is 24.8 Å². The number of Topliss-reactive ketones (excluding diaryl/α,β-unsaturated/α-hetero) is 1. The molecule has 178 valence electrons. The monoisotopic (exact) mass is 456 g/mol. The van der Waals surface area contributed by atoms with Crippen LogP contribution in [0.3, 0.4) is 0 Å². The van der Waals surface area contributed by atoms with Crippen molar-refractivity contribution in [2.24, 2.45) is 28.6 Å². The lowest BCUT2D eigenvalue weighted by molar-refractivity contribution is -0.183. The summed E-state index contributed by atoms with van der Waals surface area (Å²) in [6.07, 6.45) is 6.59. The van der Waals surface area contributed by atoms with Gasteiger partial charge in [0.15, 0.2) is 11.4 Å². The Balaban J connectivity index is 1.53. The zero-order valence-corrected chi connectivity index (χ0v) is 19.2. The van der Waals surface area contributed by atoms with Crippen LogP contribution in [0.5, 0.6) is 0 Å². The van der Waals surface area contributed by atoms with Gasteiger partial charge in [-0.25, -0.2) is 4.79 Å². The topological polar surface area (TPSA) is 114 Å². The zero-order chi connectivity index (χ0) is 23.6. The summed E-state index contributed by atoms with van der Waals surface area (Å²) in [5, 5.41) is 21.4. The molecule has 7 heteroatoms.